The van der Waals surface area contributed by atoms with Crippen LogP contribution in [0.2, 0.25) is 0 Å². The number of anilines is 1. The van der Waals surface area contributed by atoms with Crippen LogP contribution >= 0.6 is 0 Å². The van der Waals surface area contributed by atoms with Crippen LogP contribution in [0.4, 0.5) is 18.9 Å². The number of alkyl halides is 3. The zero-order chi connectivity index (χ0) is 14.0. The molecule has 1 aromatic rings. The first kappa shape index (κ1) is 13.5. The predicted molar refractivity (Wildman–Crippen MR) is 60.9 cm³/mol. The highest BCUT2D eigenvalue weighted by Gasteiger charge is 2.36. The van der Waals surface area contributed by atoms with Gasteiger partial charge < -0.3 is 15.2 Å². The molecule has 1 saturated carbocycles. The van der Waals surface area contributed by atoms with Crippen LogP contribution in [0.3, 0.4) is 0 Å². The van der Waals surface area contributed by atoms with Crippen LogP contribution in [0.1, 0.15) is 12.8 Å². The van der Waals surface area contributed by atoms with Gasteiger partial charge in [-0.25, -0.2) is 0 Å². The highest BCUT2D eigenvalue weighted by atomic mass is 19.4. The first-order valence-corrected chi connectivity index (χ1v) is 5.70. The van der Waals surface area contributed by atoms with Gasteiger partial charge in [0, 0.05) is 11.7 Å². The number of carbonyl (C=O) groups is 1. The second kappa shape index (κ2) is 4.99. The molecule has 0 aromatic heterocycles. The molecule has 7 heteroatoms. The summed E-state index contributed by atoms with van der Waals surface area (Å²) in [5.74, 6) is -1.60. The number of hydrogen-bond donors (Lipinski definition) is 2. The van der Waals surface area contributed by atoms with E-state index in [9.17, 15) is 18.0 Å². The molecule has 2 atom stereocenters. The van der Waals surface area contributed by atoms with E-state index in [1.165, 1.54) is 24.3 Å². The monoisotopic (exact) mass is 275 g/mol. The van der Waals surface area contributed by atoms with E-state index < -0.39 is 18.2 Å². The van der Waals surface area contributed by atoms with E-state index in [4.69, 9.17) is 5.11 Å². The normalized spacial score (nSPS) is 22.5. The fraction of sp³-hybridized carbons (Fsp3) is 0.417. The Morgan fingerprint density at radius 1 is 1.26 bits per heavy atom. The maximum Gasteiger partial charge on any atom is 0.573 e. The van der Waals surface area contributed by atoms with Crippen LogP contribution in [0.25, 0.3) is 0 Å². The molecule has 0 spiro atoms. The topological polar surface area (TPSA) is 58.6 Å². The van der Waals surface area contributed by atoms with Gasteiger partial charge >= 0.3 is 12.3 Å². The minimum Gasteiger partial charge on any atom is -0.481 e. The smallest absolute Gasteiger partial charge is 0.481 e. The summed E-state index contributed by atoms with van der Waals surface area (Å²) in [6, 6.07) is 5.05. The molecule has 0 amide bonds. The van der Waals surface area contributed by atoms with Crippen LogP contribution in [-0.2, 0) is 4.79 Å². The maximum atomic E-state index is 12.0. The fourth-order valence-corrected chi connectivity index (χ4v) is 1.94. The van der Waals surface area contributed by atoms with Crippen molar-refractivity contribution in [3.05, 3.63) is 24.3 Å². The number of carboxylic acid groups (broad SMARTS) is 1. The third-order valence-electron chi connectivity index (χ3n) is 3.03. The van der Waals surface area contributed by atoms with Crippen molar-refractivity contribution in [2.45, 2.75) is 25.2 Å². The molecule has 19 heavy (non-hydrogen) atoms. The van der Waals surface area contributed by atoms with E-state index in [1.54, 1.807) is 0 Å². The van der Waals surface area contributed by atoms with Gasteiger partial charge in [-0.05, 0) is 37.1 Å². The number of hydrogen-bond acceptors (Lipinski definition) is 3. The Morgan fingerprint density at radius 3 is 2.32 bits per heavy atom. The van der Waals surface area contributed by atoms with Gasteiger partial charge in [0.1, 0.15) is 5.75 Å². The Bertz CT molecular complexity index is 458. The molecule has 1 aromatic carbocycles. The highest BCUT2D eigenvalue weighted by Crippen LogP contribution is 2.31. The minimum absolute atomic E-state index is 0.174. The van der Waals surface area contributed by atoms with Crippen LogP contribution in [0.15, 0.2) is 24.3 Å². The quantitative estimate of drug-likeness (QED) is 0.887. The molecule has 1 aliphatic rings. The third kappa shape index (κ3) is 3.52. The molecule has 2 N–H and O–H groups in total. The molecular formula is C12H12F3NO3. The second-order valence-corrected chi connectivity index (χ2v) is 4.35. The summed E-state index contributed by atoms with van der Waals surface area (Å²) in [6.45, 7) is 0. The lowest BCUT2D eigenvalue weighted by Crippen LogP contribution is -2.42. The van der Waals surface area contributed by atoms with Crippen LogP contribution in [0, 0.1) is 5.92 Å². The van der Waals surface area contributed by atoms with Crippen LogP contribution < -0.4 is 10.1 Å². The Balaban J connectivity index is 1.94. The van der Waals surface area contributed by atoms with Crippen molar-refractivity contribution in [1.29, 1.82) is 0 Å². The molecule has 0 aliphatic heterocycles. The maximum absolute atomic E-state index is 12.0. The summed E-state index contributed by atoms with van der Waals surface area (Å²) >= 11 is 0. The summed E-state index contributed by atoms with van der Waals surface area (Å²) in [6.07, 6.45) is -3.36. The molecule has 2 unspecified atom stereocenters. The van der Waals surface area contributed by atoms with Gasteiger partial charge in [-0.2, -0.15) is 0 Å². The van der Waals surface area contributed by atoms with Crippen molar-refractivity contribution < 1.29 is 27.8 Å². The zero-order valence-electron chi connectivity index (χ0n) is 9.78. The fourth-order valence-electron chi connectivity index (χ4n) is 1.94. The average Bonchev–Trinajstić information content (AvgIpc) is 2.23. The van der Waals surface area contributed by atoms with E-state index >= 15 is 0 Å². The summed E-state index contributed by atoms with van der Waals surface area (Å²) < 4.78 is 39.6. The van der Waals surface area contributed by atoms with Crippen molar-refractivity contribution >= 4 is 11.7 Å². The van der Waals surface area contributed by atoms with Gasteiger partial charge in [-0.3, -0.25) is 4.79 Å². The van der Waals surface area contributed by atoms with E-state index in [2.05, 4.69) is 10.1 Å². The summed E-state index contributed by atoms with van der Waals surface area (Å²) in [5.41, 5.74) is 0.575. The van der Waals surface area contributed by atoms with Gasteiger partial charge in [-0.1, -0.05) is 0 Å². The van der Waals surface area contributed by atoms with E-state index in [-0.39, 0.29) is 11.8 Å². The first-order valence-electron chi connectivity index (χ1n) is 5.70. The largest absolute Gasteiger partial charge is 0.573 e. The van der Waals surface area contributed by atoms with Crippen molar-refractivity contribution in [2.24, 2.45) is 5.92 Å². The van der Waals surface area contributed by atoms with Crippen molar-refractivity contribution in [2.75, 3.05) is 5.32 Å². The van der Waals surface area contributed by atoms with E-state index in [0.29, 0.717) is 12.1 Å². The first-order chi connectivity index (χ1) is 8.85. The number of rotatable bonds is 4. The standard InChI is InChI=1S/C12H12F3NO3/c13-12(14,15)19-8-3-1-7(2-4-8)16-10-6-5-9(10)11(17)18/h1-4,9-10,16H,5-6H2,(H,17,18). The number of carboxylic acids is 1. The third-order valence-corrected chi connectivity index (χ3v) is 3.03. The molecule has 0 saturated heterocycles. The number of ether oxygens (including phenoxy) is 1. The van der Waals surface area contributed by atoms with Crippen molar-refractivity contribution in [3.63, 3.8) is 0 Å². The van der Waals surface area contributed by atoms with Gasteiger partial charge in [0.05, 0.1) is 5.92 Å². The number of nitrogens with one attached hydrogen (secondary N) is 1. The molecular weight excluding hydrogens is 263 g/mol. The Kier molecular flexibility index (Phi) is 3.55. The molecule has 0 bridgehead atoms. The Hall–Kier alpha value is -1.92. The highest BCUT2D eigenvalue weighted by molar-refractivity contribution is 5.73. The van der Waals surface area contributed by atoms with Gasteiger partial charge in [0.2, 0.25) is 0 Å². The summed E-state index contributed by atoms with van der Waals surface area (Å²) in [5, 5.41) is 11.9. The van der Waals surface area contributed by atoms with Crippen molar-refractivity contribution in [3.8, 4) is 5.75 Å². The molecule has 0 radical (unpaired) electrons. The lowest BCUT2D eigenvalue weighted by atomic mass is 9.79. The number of benzene rings is 1. The molecule has 1 fully saturated rings. The Morgan fingerprint density at radius 2 is 1.89 bits per heavy atom. The zero-order valence-corrected chi connectivity index (χ0v) is 9.78. The molecule has 0 heterocycles. The molecule has 4 nitrogen and oxygen atoms in total. The van der Waals surface area contributed by atoms with E-state index in [0.717, 1.165) is 6.42 Å². The van der Waals surface area contributed by atoms with E-state index in [1.807, 2.05) is 0 Å². The van der Waals surface area contributed by atoms with Gasteiger partial charge in [0.15, 0.2) is 0 Å². The molecule has 2 rings (SSSR count). The van der Waals surface area contributed by atoms with Crippen LogP contribution in [0.5, 0.6) is 5.75 Å². The van der Waals surface area contributed by atoms with Gasteiger partial charge in [-0.15, -0.1) is 13.2 Å². The molecule has 1 aliphatic carbocycles. The molecule has 104 valence electrons. The Labute approximate surface area is 107 Å². The lowest BCUT2D eigenvalue weighted by Gasteiger charge is -2.34. The second-order valence-electron chi connectivity index (χ2n) is 4.35. The number of aliphatic carboxylic acids is 1. The van der Waals surface area contributed by atoms with Gasteiger partial charge in [0.25, 0.3) is 0 Å². The average molecular weight is 275 g/mol. The summed E-state index contributed by atoms with van der Waals surface area (Å²) in [4.78, 5) is 10.8. The van der Waals surface area contributed by atoms with Crippen molar-refractivity contribution in [1.82, 2.24) is 0 Å². The lowest BCUT2D eigenvalue weighted by molar-refractivity contribution is -0.274. The van der Waals surface area contributed by atoms with Crippen LogP contribution in [-0.4, -0.2) is 23.5 Å². The SMILES string of the molecule is O=C(O)C1CCC1Nc1ccc(OC(F)(F)F)cc1. The predicted octanol–water partition coefficient (Wildman–Crippen LogP) is 2.86. The minimum atomic E-state index is -4.71. The number of halogens is 3. The summed E-state index contributed by atoms with van der Waals surface area (Å²) in [7, 11) is 0.